The van der Waals surface area contributed by atoms with Crippen molar-refractivity contribution in [2.45, 2.75) is 65.1 Å². The van der Waals surface area contributed by atoms with Crippen LogP contribution in [-0.4, -0.2) is 41.5 Å². The molecular formula is C26H33ClN2O4. The maximum absolute atomic E-state index is 13.4. The zero-order valence-electron chi connectivity index (χ0n) is 19.8. The van der Waals surface area contributed by atoms with Crippen molar-refractivity contribution >= 4 is 23.4 Å². The summed E-state index contributed by atoms with van der Waals surface area (Å²) < 4.78 is 11.2. The van der Waals surface area contributed by atoms with Gasteiger partial charge in [0, 0.05) is 23.5 Å². The summed E-state index contributed by atoms with van der Waals surface area (Å²) in [7, 11) is 0. The number of nitrogens with one attached hydrogen (secondary N) is 1. The normalized spacial score (nSPS) is 13.8. The Hall–Kier alpha value is -2.73. The van der Waals surface area contributed by atoms with Crippen molar-refractivity contribution in [3.05, 3.63) is 58.6 Å². The summed E-state index contributed by atoms with van der Waals surface area (Å²) in [4.78, 5) is 28.2. The average Bonchev–Trinajstić information content (AvgIpc) is 2.77. The molecule has 0 fully saturated rings. The van der Waals surface area contributed by atoms with Crippen molar-refractivity contribution in [1.29, 1.82) is 0 Å². The van der Waals surface area contributed by atoms with Gasteiger partial charge in [0.2, 0.25) is 11.8 Å². The van der Waals surface area contributed by atoms with Gasteiger partial charge >= 0.3 is 0 Å². The van der Waals surface area contributed by atoms with Gasteiger partial charge in [0.1, 0.15) is 19.3 Å². The van der Waals surface area contributed by atoms with Gasteiger partial charge in [0.15, 0.2) is 11.5 Å². The smallest absolute Gasteiger partial charge is 0.243 e. The van der Waals surface area contributed by atoms with E-state index in [0.717, 1.165) is 16.9 Å². The quantitative estimate of drug-likeness (QED) is 0.601. The van der Waals surface area contributed by atoms with Crippen molar-refractivity contribution in [2.24, 2.45) is 0 Å². The van der Waals surface area contributed by atoms with Crippen LogP contribution in [0.5, 0.6) is 11.5 Å². The summed E-state index contributed by atoms with van der Waals surface area (Å²) in [5.41, 5.74) is 1.53. The third-order valence-corrected chi connectivity index (χ3v) is 5.64. The fourth-order valence-electron chi connectivity index (χ4n) is 3.80. The molecule has 1 heterocycles. The molecule has 3 rings (SSSR count). The van der Waals surface area contributed by atoms with Crippen LogP contribution in [0.3, 0.4) is 0 Å². The van der Waals surface area contributed by atoms with Gasteiger partial charge in [-0.05, 0) is 69.0 Å². The summed E-state index contributed by atoms with van der Waals surface area (Å²) in [5.74, 6) is 1.22. The highest BCUT2D eigenvalue weighted by Gasteiger charge is 2.30. The predicted octanol–water partition coefficient (Wildman–Crippen LogP) is 4.77. The Labute approximate surface area is 201 Å². The Morgan fingerprint density at radius 1 is 1.03 bits per heavy atom. The molecule has 1 N–H and O–H groups in total. The molecule has 6 nitrogen and oxygen atoms in total. The second-order valence-corrected chi connectivity index (χ2v) is 9.73. The number of hydrogen-bond acceptors (Lipinski definition) is 4. The first-order chi connectivity index (χ1) is 15.7. The van der Waals surface area contributed by atoms with Gasteiger partial charge in [-0.25, -0.2) is 0 Å². The number of amides is 2. The molecule has 0 radical (unpaired) electrons. The van der Waals surface area contributed by atoms with Gasteiger partial charge in [0.25, 0.3) is 0 Å². The molecule has 0 unspecified atom stereocenters. The maximum atomic E-state index is 13.4. The van der Waals surface area contributed by atoms with Gasteiger partial charge in [-0.3, -0.25) is 9.59 Å². The molecule has 0 bridgehead atoms. The number of ether oxygens (including phenoxy) is 2. The highest BCUT2D eigenvalue weighted by atomic mass is 35.5. The standard InChI is InChI=1S/C26H33ClN2O4/c1-5-21(25(31)28-26(2,3)4)29(17-19-6-10-20(27)11-7-19)24(30)13-9-18-8-12-22-23(16-18)33-15-14-32-22/h6-8,10-12,16,21H,5,9,13-15,17H2,1-4H3,(H,28,31)/t21-/m0/s1. The number of carbonyl (C=O) groups is 2. The van der Waals surface area contributed by atoms with Crippen LogP contribution in [0.25, 0.3) is 0 Å². The minimum Gasteiger partial charge on any atom is -0.486 e. The summed E-state index contributed by atoms with van der Waals surface area (Å²) in [6, 6.07) is 12.6. The van der Waals surface area contributed by atoms with Gasteiger partial charge in [0.05, 0.1) is 0 Å². The molecule has 2 aromatic carbocycles. The lowest BCUT2D eigenvalue weighted by molar-refractivity contribution is -0.142. The van der Waals surface area contributed by atoms with Crippen molar-refractivity contribution in [3.63, 3.8) is 0 Å². The highest BCUT2D eigenvalue weighted by molar-refractivity contribution is 6.30. The molecule has 2 aromatic rings. The lowest BCUT2D eigenvalue weighted by Crippen LogP contribution is -2.53. The first-order valence-corrected chi connectivity index (χ1v) is 11.8. The molecule has 1 aliphatic heterocycles. The monoisotopic (exact) mass is 472 g/mol. The van der Waals surface area contributed by atoms with E-state index in [1.54, 1.807) is 17.0 Å². The molecule has 33 heavy (non-hydrogen) atoms. The van der Waals surface area contributed by atoms with E-state index in [1.807, 2.05) is 58.0 Å². The molecule has 7 heteroatoms. The van der Waals surface area contributed by atoms with E-state index in [-0.39, 0.29) is 23.8 Å². The van der Waals surface area contributed by atoms with E-state index < -0.39 is 6.04 Å². The van der Waals surface area contributed by atoms with Gasteiger partial charge in [-0.1, -0.05) is 36.7 Å². The maximum Gasteiger partial charge on any atom is 0.243 e. The number of rotatable bonds is 8. The lowest BCUT2D eigenvalue weighted by atomic mass is 10.0. The molecule has 0 aliphatic carbocycles. The molecule has 178 valence electrons. The van der Waals surface area contributed by atoms with E-state index in [4.69, 9.17) is 21.1 Å². The van der Waals surface area contributed by atoms with Crippen LogP contribution < -0.4 is 14.8 Å². The SMILES string of the molecule is CC[C@@H](C(=O)NC(C)(C)C)N(Cc1ccc(Cl)cc1)C(=O)CCc1ccc2c(c1)OCCO2. The number of carbonyl (C=O) groups excluding carboxylic acids is 2. The van der Waals surface area contributed by atoms with Crippen molar-refractivity contribution in [1.82, 2.24) is 10.2 Å². The molecule has 1 atom stereocenters. The van der Waals surface area contributed by atoms with Crippen LogP contribution in [0.1, 0.15) is 51.7 Å². The minimum atomic E-state index is -0.562. The van der Waals surface area contributed by atoms with E-state index in [9.17, 15) is 9.59 Å². The number of fused-ring (bicyclic) bond motifs is 1. The second-order valence-electron chi connectivity index (χ2n) is 9.29. The molecule has 0 spiro atoms. The molecule has 2 amide bonds. The van der Waals surface area contributed by atoms with Crippen molar-refractivity contribution in [3.8, 4) is 11.5 Å². The van der Waals surface area contributed by atoms with Crippen LogP contribution in [0, 0.1) is 0 Å². The zero-order valence-corrected chi connectivity index (χ0v) is 20.6. The fourth-order valence-corrected chi connectivity index (χ4v) is 3.92. The molecular weight excluding hydrogens is 440 g/mol. The number of aryl methyl sites for hydroxylation is 1. The van der Waals surface area contributed by atoms with E-state index >= 15 is 0 Å². The first-order valence-electron chi connectivity index (χ1n) is 11.4. The molecule has 0 saturated carbocycles. The third-order valence-electron chi connectivity index (χ3n) is 5.38. The first kappa shape index (κ1) is 24.9. The predicted molar refractivity (Wildman–Crippen MR) is 130 cm³/mol. The largest absolute Gasteiger partial charge is 0.486 e. The van der Waals surface area contributed by atoms with Crippen molar-refractivity contribution in [2.75, 3.05) is 13.2 Å². The Kier molecular flexibility index (Phi) is 8.25. The second kappa shape index (κ2) is 10.9. The molecule has 0 aromatic heterocycles. The van der Waals surface area contributed by atoms with E-state index in [0.29, 0.717) is 43.4 Å². The van der Waals surface area contributed by atoms with Crippen LogP contribution in [0.4, 0.5) is 0 Å². The number of halogens is 1. The van der Waals surface area contributed by atoms with Crippen LogP contribution in [0.2, 0.25) is 5.02 Å². The minimum absolute atomic E-state index is 0.0734. The van der Waals surface area contributed by atoms with Crippen LogP contribution >= 0.6 is 11.6 Å². The third kappa shape index (κ3) is 7.13. The van der Waals surface area contributed by atoms with E-state index in [1.165, 1.54) is 0 Å². The Morgan fingerprint density at radius 2 is 1.67 bits per heavy atom. The summed E-state index contributed by atoms with van der Waals surface area (Å²) in [5, 5.41) is 3.66. The van der Waals surface area contributed by atoms with Gasteiger partial charge in [-0.2, -0.15) is 0 Å². The Balaban J connectivity index is 1.77. The van der Waals surface area contributed by atoms with Gasteiger partial charge < -0.3 is 19.7 Å². The van der Waals surface area contributed by atoms with Crippen LogP contribution in [-0.2, 0) is 22.6 Å². The van der Waals surface area contributed by atoms with E-state index in [2.05, 4.69) is 5.32 Å². The molecule has 1 aliphatic rings. The fraction of sp³-hybridized carbons (Fsp3) is 0.462. The molecule has 0 saturated heterocycles. The summed E-state index contributed by atoms with van der Waals surface area (Å²) in [6.07, 6.45) is 1.35. The summed E-state index contributed by atoms with van der Waals surface area (Å²) >= 11 is 6.03. The number of hydrogen-bond donors (Lipinski definition) is 1. The average molecular weight is 473 g/mol. The van der Waals surface area contributed by atoms with Gasteiger partial charge in [-0.15, -0.1) is 0 Å². The number of nitrogens with zero attached hydrogens (tertiary/aromatic N) is 1. The number of benzene rings is 2. The Bertz CT molecular complexity index is 969. The van der Waals surface area contributed by atoms with Crippen molar-refractivity contribution < 1.29 is 19.1 Å². The van der Waals surface area contributed by atoms with Crippen LogP contribution in [0.15, 0.2) is 42.5 Å². The Morgan fingerprint density at radius 3 is 2.30 bits per heavy atom. The topological polar surface area (TPSA) is 67.9 Å². The highest BCUT2D eigenvalue weighted by Crippen LogP contribution is 2.31. The lowest BCUT2D eigenvalue weighted by Gasteiger charge is -2.33. The zero-order chi connectivity index (χ0) is 24.0. The summed E-state index contributed by atoms with van der Waals surface area (Å²) in [6.45, 7) is 9.13.